The van der Waals surface area contributed by atoms with Gasteiger partial charge in [-0.15, -0.1) is 0 Å². The Morgan fingerprint density at radius 3 is 2.77 bits per heavy atom. The number of rotatable bonds is 6. The lowest BCUT2D eigenvalue weighted by molar-refractivity contribution is -0.133. The molecule has 5 heteroatoms. The van der Waals surface area contributed by atoms with Crippen molar-refractivity contribution >= 4 is 11.6 Å². The zero-order valence-electron chi connectivity index (χ0n) is 13.3. The van der Waals surface area contributed by atoms with Crippen molar-refractivity contribution in [2.45, 2.75) is 19.3 Å². The summed E-state index contributed by atoms with van der Waals surface area (Å²) < 4.78 is 5.69. The van der Waals surface area contributed by atoms with E-state index in [4.69, 9.17) is 4.74 Å². The quantitative estimate of drug-likeness (QED) is 0.809. The number of benzene rings is 1. The molecule has 1 aliphatic rings. The second-order valence-corrected chi connectivity index (χ2v) is 5.74. The Bertz CT molecular complexity index is 545. The Kier molecular flexibility index (Phi) is 5.65. The zero-order valence-corrected chi connectivity index (χ0v) is 13.3. The molecule has 5 nitrogen and oxygen atoms in total. The highest BCUT2D eigenvalue weighted by Crippen LogP contribution is 2.20. The van der Waals surface area contributed by atoms with Gasteiger partial charge in [-0.1, -0.05) is 6.07 Å². The lowest BCUT2D eigenvalue weighted by Gasteiger charge is -2.19. The van der Waals surface area contributed by atoms with Crippen molar-refractivity contribution in [3.05, 3.63) is 24.3 Å². The predicted octanol–water partition coefficient (Wildman–Crippen LogP) is 2.28. The Labute approximate surface area is 132 Å². The molecule has 0 N–H and O–H groups in total. The van der Waals surface area contributed by atoms with E-state index in [0.717, 1.165) is 37.4 Å². The lowest BCUT2D eigenvalue weighted by Crippen LogP contribution is -2.33. The van der Waals surface area contributed by atoms with Gasteiger partial charge in [-0.05, 0) is 25.0 Å². The van der Waals surface area contributed by atoms with Gasteiger partial charge in [-0.25, -0.2) is 0 Å². The summed E-state index contributed by atoms with van der Waals surface area (Å²) in [6.45, 7) is 1.93. The fourth-order valence-corrected chi connectivity index (χ4v) is 2.55. The summed E-state index contributed by atoms with van der Waals surface area (Å²) in [6.07, 6.45) is 2.51. The van der Waals surface area contributed by atoms with Gasteiger partial charge in [0.1, 0.15) is 11.7 Å². The molecule has 0 radical (unpaired) electrons. The molecule has 1 saturated heterocycles. The molecule has 0 aromatic heterocycles. The molecule has 1 unspecified atom stereocenters. The van der Waals surface area contributed by atoms with E-state index in [-0.39, 0.29) is 5.91 Å². The fraction of sp³-hybridized carbons (Fsp3) is 0.529. The summed E-state index contributed by atoms with van der Waals surface area (Å²) in [5.41, 5.74) is 1.06. The van der Waals surface area contributed by atoms with Crippen molar-refractivity contribution in [3.63, 3.8) is 0 Å². The standard InChI is InChI=1S/C17H23N3O2/c1-19(2)15-6-5-7-16(12-15)22-11-8-14(13-18)17(21)20-9-3-4-10-20/h5-7,12,14H,3-4,8-11H2,1-2H3. The van der Waals surface area contributed by atoms with E-state index in [0.29, 0.717) is 13.0 Å². The van der Waals surface area contributed by atoms with Gasteiger partial charge in [0.05, 0.1) is 12.7 Å². The first-order valence-corrected chi connectivity index (χ1v) is 7.70. The molecule has 0 bridgehead atoms. The monoisotopic (exact) mass is 301 g/mol. The molecular weight excluding hydrogens is 278 g/mol. The van der Waals surface area contributed by atoms with Gasteiger partial charge in [0.2, 0.25) is 5.91 Å². The van der Waals surface area contributed by atoms with Crippen LogP contribution in [0.1, 0.15) is 19.3 Å². The summed E-state index contributed by atoms with van der Waals surface area (Å²) in [5, 5.41) is 9.21. The third kappa shape index (κ3) is 4.14. The largest absolute Gasteiger partial charge is 0.493 e. The Morgan fingerprint density at radius 1 is 1.41 bits per heavy atom. The van der Waals surface area contributed by atoms with E-state index in [9.17, 15) is 10.1 Å². The molecule has 0 spiro atoms. The van der Waals surface area contributed by atoms with E-state index >= 15 is 0 Å². The minimum Gasteiger partial charge on any atom is -0.493 e. The van der Waals surface area contributed by atoms with Gasteiger partial charge in [-0.3, -0.25) is 4.79 Å². The zero-order chi connectivity index (χ0) is 15.9. The number of nitriles is 1. The predicted molar refractivity (Wildman–Crippen MR) is 85.8 cm³/mol. The highest BCUT2D eigenvalue weighted by atomic mass is 16.5. The van der Waals surface area contributed by atoms with Crippen LogP contribution in [0.25, 0.3) is 0 Å². The SMILES string of the molecule is CN(C)c1cccc(OCCC(C#N)C(=O)N2CCCC2)c1. The molecule has 1 aromatic rings. The van der Waals surface area contributed by atoms with Crippen LogP contribution in [0.3, 0.4) is 0 Å². The van der Waals surface area contributed by atoms with Gasteiger partial charge in [0, 0.05) is 45.4 Å². The first-order chi connectivity index (χ1) is 10.6. The van der Waals surface area contributed by atoms with Crippen LogP contribution in [0.5, 0.6) is 5.75 Å². The smallest absolute Gasteiger partial charge is 0.240 e. The summed E-state index contributed by atoms with van der Waals surface area (Å²) in [4.78, 5) is 16.0. The second-order valence-electron chi connectivity index (χ2n) is 5.74. The van der Waals surface area contributed by atoms with Crippen LogP contribution < -0.4 is 9.64 Å². The minimum absolute atomic E-state index is 0.0503. The van der Waals surface area contributed by atoms with Crippen LogP contribution >= 0.6 is 0 Å². The van der Waals surface area contributed by atoms with Gasteiger partial charge >= 0.3 is 0 Å². The second kappa shape index (κ2) is 7.69. The Balaban J connectivity index is 1.85. The average Bonchev–Trinajstić information content (AvgIpc) is 3.05. The number of likely N-dealkylation sites (tertiary alicyclic amines) is 1. The van der Waals surface area contributed by atoms with E-state index in [1.807, 2.05) is 43.3 Å². The molecule has 2 rings (SSSR count). The number of nitrogens with zero attached hydrogens (tertiary/aromatic N) is 3. The number of ether oxygens (including phenoxy) is 1. The molecule has 1 atom stereocenters. The van der Waals surface area contributed by atoms with Crippen LogP contribution in [-0.4, -0.2) is 44.6 Å². The number of amides is 1. The summed E-state index contributed by atoms with van der Waals surface area (Å²) in [5.74, 6) is 0.109. The maximum Gasteiger partial charge on any atom is 0.240 e. The Hall–Kier alpha value is -2.22. The summed E-state index contributed by atoms with van der Waals surface area (Å²) in [6, 6.07) is 9.88. The van der Waals surface area contributed by atoms with Gasteiger partial charge in [0.15, 0.2) is 0 Å². The normalized spacial score (nSPS) is 15.2. The summed E-state index contributed by atoms with van der Waals surface area (Å²) in [7, 11) is 3.94. The average molecular weight is 301 g/mol. The molecule has 0 saturated carbocycles. The highest BCUT2D eigenvalue weighted by Gasteiger charge is 2.26. The van der Waals surface area contributed by atoms with Gasteiger partial charge in [-0.2, -0.15) is 5.26 Å². The van der Waals surface area contributed by atoms with Crippen LogP contribution in [0.15, 0.2) is 24.3 Å². The molecule has 1 fully saturated rings. The van der Waals surface area contributed by atoms with Gasteiger partial charge < -0.3 is 14.5 Å². The van der Waals surface area contributed by atoms with Crippen molar-refractivity contribution in [2.75, 3.05) is 38.7 Å². The van der Waals surface area contributed by atoms with Crippen LogP contribution in [-0.2, 0) is 4.79 Å². The number of hydrogen-bond donors (Lipinski definition) is 0. The topological polar surface area (TPSA) is 56.6 Å². The third-order valence-corrected chi connectivity index (χ3v) is 3.88. The Morgan fingerprint density at radius 2 is 2.14 bits per heavy atom. The number of carbonyl (C=O) groups is 1. The lowest BCUT2D eigenvalue weighted by atomic mass is 10.1. The van der Waals surface area contributed by atoms with E-state index in [1.165, 1.54) is 0 Å². The third-order valence-electron chi connectivity index (χ3n) is 3.88. The van der Waals surface area contributed by atoms with Crippen molar-refractivity contribution in [1.82, 2.24) is 4.90 Å². The summed E-state index contributed by atoms with van der Waals surface area (Å²) >= 11 is 0. The molecule has 1 aromatic carbocycles. The molecule has 1 aliphatic heterocycles. The fourth-order valence-electron chi connectivity index (χ4n) is 2.55. The number of anilines is 1. The van der Waals surface area contributed by atoms with E-state index < -0.39 is 5.92 Å². The van der Waals surface area contributed by atoms with Crippen LogP contribution in [0.2, 0.25) is 0 Å². The maximum absolute atomic E-state index is 12.2. The molecule has 1 amide bonds. The highest BCUT2D eigenvalue weighted by molar-refractivity contribution is 5.81. The molecule has 118 valence electrons. The van der Waals surface area contributed by atoms with Crippen molar-refractivity contribution in [1.29, 1.82) is 5.26 Å². The van der Waals surface area contributed by atoms with Crippen LogP contribution in [0.4, 0.5) is 5.69 Å². The maximum atomic E-state index is 12.2. The van der Waals surface area contributed by atoms with Crippen molar-refractivity contribution in [2.24, 2.45) is 5.92 Å². The first-order valence-electron chi connectivity index (χ1n) is 7.70. The number of carbonyl (C=O) groups excluding carboxylic acids is 1. The van der Waals surface area contributed by atoms with Crippen molar-refractivity contribution < 1.29 is 9.53 Å². The van der Waals surface area contributed by atoms with Gasteiger partial charge in [0.25, 0.3) is 0 Å². The molecule has 0 aliphatic carbocycles. The number of hydrogen-bond acceptors (Lipinski definition) is 4. The molecule has 22 heavy (non-hydrogen) atoms. The molecular formula is C17H23N3O2. The minimum atomic E-state index is -0.602. The van der Waals surface area contributed by atoms with Crippen molar-refractivity contribution in [3.8, 4) is 11.8 Å². The molecule has 1 heterocycles. The van der Waals surface area contributed by atoms with Crippen LogP contribution in [0, 0.1) is 17.2 Å². The van der Waals surface area contributed by atoms with E-state index in [1.54, 1.807) is 4.90 Å². The van der Waals surface area contributed by atoms with E-state index in [2.05, 4.69) is 6.07 Å². The first kappa shape index (κ1) is 16.2.